The standard InChI is InChI=1S/C57H58N2O/c1-32-14-22-41(23-15-32)58(42-24-16-33(2)17-25-42)53-37(6)36(5)49-45-30-48-46(31-47(45)56(10,11)51(49)39(53)8)50-38(7)55(60)54(40(9)52(50)57(48,12)13)59(43-26-18-34(3)19-27-43)44-28-20-35(4)21-29-44/h14-31,60H,1-13H3. The summed E-state index contributed by atoms with van der Waals surface area (Å²) in [5, 5.41) is 12.5. The molecule has 0 aliphatic heterocycles. The number of rotatable bonds is 6. The van der Waals surface area contributed by atoms with Crippen molar-refractivity contribution in [2.75, 3.05) is 9.80 Å². The van der Waals surface area contributed by atoms with Crippen molar-refractivity contribution >= 4 is 34.1 Å². The third-order valence-corrected chi connectivity index (χ3v) is 14.1. The highest BCUT2D eigenvalue weighted by Crippen LogP contribution is 2.62. The highest BCUT2D eigenvalue weighted by Gasteiger charge is 2.46. The normalized spacial score (nSPS) is 14.1. The van der Waals surface area contributed by atoms with Crippen LogP contribution in [0.2, 0.25) is 0 Å². The van der Waals surface area contributed by atoms with Gasteiger partial charge in [-0.1, -0.05) is 98.5 Å². The molecule has 3 heteroatoms. The van der Waals surface area contributed by atoms with Gasteiger partial charge in [-0.25, -0.2) is 0 Å². The van der Waals surface area contributed by atoms with Crippen molar-refractivity contribution in [3.8, 4) is 28.0 Å². The first-order valence-corrected chi connectivity index (χ1v) is 21.5. The lowest BCUT2D eigenvalue weighted by molar-refractivity contribution is 0.471. The second-order valence-corrected chi connectivity index (χ2v) is 18.9. The molecular weight excluding hydrogens is 729 g/mol. The maximum absolute atomic E-state index is 12.5. The van der Waals surface area contributed by atoms with Crippen LogP contribution >= 0.6 is 0 Å². The summed E-state index contributed by atoms with van der Waals surface area (Å²) in [7, 11) is 0. The summed E-state index contributed by atoms with van der Waals surface area (Å²) in [6, 6.07) is 40.2. The Hall–Kier alpha value is -6.06. The number of anilines is 6. The summed E-state index contributed by atoms with van der Waals surface area (Å²) >= 11 is 0. The Morgan fingerprint density at radius 2 is 0.667 bits per heavy atom. The summed E-state index contributed by atoms with van der Waals surface area (Å²) in [4.78, 5) is 4.72. The molecule has 0 saturated heterocycles. The zero-order chi connectivity index (χ0) is 42.7. The lowest BCUT2D eigenvalue weighted by atomic mass is 9.77. The summed E-state index contributed by atoms with van der Waals surface area (Å²) in [6.45, 7) is 29.5. The fourth-order valence-corrected chi connectivity index (χ4v) is 10.9. The van der Waals surface area contributed by atoms with Crippen LogP contribution in [-0.2, 0) is 10.8 Å². The van der Waals surface area contributed by atoms with Crippen LogP contribution in [0.5, 0.6) is 5.75 Å². The number of hydrogen-bond acceptors (Lipinski definition) is 3. The van der Waals surface area contributed by atoms with Gasteiger partial charge in [-0.05, 0) is 190 Å². The molecule has 2 aliphatic rings. The van der Waals surface area contributed by atoms with E-state index in [-0.39, 0.29) is 10.8 Å². The van der Waals surface area contributed by atoms with Gasteiger partial charge in [0.25, 0.3) is 0 Å². The Morgan fingerprint density at radius 1 is 0.367 bits per heavy atom. The molecule has 9 rings (SSSR count). The zero-order valence-corrected chi connectivity index (χ0v) is 37.7. The van der Waals surface area contributed by atoms with Crippen LogP contribution in [0.25, 0.3) is 22.3 Å². The molecule has 3 nitrogen and oxygen atoms in total. The van der Waals surface area contributed by atoms with Crippen LogP contribution in [-0.4, -0.2) is 5.11 Å². The van der Waals surface area contributed by atoms with E-state index >= 15 is 0 Å². The maximum Gasteiger partial charge on any atom is 0.143 e. The van der Waals surface area contributed by atoms with Crippen LogP contribution in [0.1, 0.15) is 100 Å². The SMILES string of the molecule is Cc1ccc(N(c2ccc(C)cc2)c2c(C)c(C)c3c(c2C)C(C)(C)c2cc4c(cc2-3)C(C)(C)c2c(C)c(N(c3ccc(C)cc3)c3ccc(C)cc3)c(O)c(C)c2-4)cc1. The average molecular weight is 787 g/mol. The Bertz CT molecular complexity index is 2580. The fraction of sp³-hybridized carbons (Fsp3) is 0.263. The number of phenols is 1. The molecule has 0 bridgehead atoms. The van der Waals surface area contributed by atoms with E-state index in [9.17, 15) is 5.11 Å². The van der Waals surface area contributed by atoms with Crippen LogP contribution in [0.4, 0.5) is 34.1 Å². The van der Waals surface area contributed by atoms with Gasteiger partial charge in [-0.2, -0.15) is 0 Å². The van der Waals surface area contributed by atoms with Crippen molar-refractivity contribution in [2.24, 2.45) is 0 Å². The van der Waals surface area contributed by atoms with E-state index in [2.05, 4.69) is 209 Å². The van der Waals surface area contributed by atoms with E-state index in [1.165, 1.54) is 89.1 Å². The fourth-order valence-electron chi connectivity index (χ4n) is 10.9. The summed E-state index contributed by atoms with van der Waals surface area (Å²) < 4.78 is 0. The zero-order valence-electron chi connectivity index (χ0n) is 37.7. The molecule has 7 aromatic carbocycles. The van der Waals surface area contributed by atoms with E-state index in [1.54, 1.807) is 0 Å². The Kier molecular flexibility index (Phi) is 9.03. The van der Waals surface area contributed by atoms with Gasteiger partial charge in [0, 0.05) is 39.1 Å². The Labute approximate surface area is 358 Å². The van der Waals surface area contributed by atoms with E-state index in [0.717, 1.165) is 39.6 Å². The second-order valence-electron chi connectivity index (χ2n) is 18.9. The molecule has 0 amide bonds. The number of aromatic hydroxyl groups is 1. The smallest absolute Gasteiger partial charge is 0.143 e. The minimum absolute atomic E-state index is 0.269. The van der Waals surface area contributed by atoms with Crippen molar-refractivity contribution in [1.82, 2.24) is 0 Å². The quantitative estimate of drug-likeness (QED) is 0.182. The Balaban J connectivity index is 1.25. The van der Waals surface area contributed by atoms with E-state index < -0.39 is 0 Å². The summed E-state index contributed by atoms with van der Waals surface area (Å²) in [5.41, 5.74) is 27.3. The van der Waals surface area contributed by atoms with Gasteiger partial charge in [0.05, 0.1) is 11.4 Å². The van der Waals surface area contributed by atoms with Crippen molar-refractivity contribution in [3.63, 3.8) is 0 Å². The van der Waals surface area contributed by atoms with Gasteiger partial charge in [-0.3, -0.25) is 0 Å². The van der Waals surface area contributed by atoms with Crippen molar-refractivity contribution in [2.45, 2.75) is 101 Å². The highest BCUT2D eigenvalue weighted by molar-refractivity contribution is 5.98. The molecule has 0 atom stereocenters. The Morgan fingerprint density at radius 3 is 1.02 bits per heavy atom. The number of benzene rings is 7. The monoisotopic (exact) mass is 786 g/mol. The minimum atomic E-state index is -0.318. The number of fused-ring (bicyclic) bond motifs is 6. The predicted octanol–water partition coefficient (Wildman–Crippen LogP) is 15.7. The summed E-state index contributed by atoms with van der Waals surface area (Å²) in [5.74, 6) is 0.332. The number of phenolic OH excluding ortho intramolecular Hbond substituents is 1. The topological polar surface area (TPSA) is 26.7 Å². The van der Waals surface area contributed by atoms with Crippen molar-refractivity contribution in [1.29, 1.82) is 0 Å². The molecule has 302 valence electrons. The molecule has 0 unspecified atom stereocenters. The molecule has 1 N–H and O–H groups in total. The molecule has 7 aromatic rings. The highest BCUT2D eigenvalue weighted by atomic mass is 16.3. The lowest BCUT2D eigenvalue weighted by Gasteiger charge is -2.33. The third-order valence-electron chi connectivity index (χ3n) is 14.1. The first-order chi connectivity index (χ1) is 28.4. The predicted molar refractivity (Wildman–Crippen MR) is 255 cm³/mol. The second kappa shape index (κ2) is 13.7. The largest absolute Gasteiger partial charge is 0.505 e. The first kappa shape index (κ1) is 39.4. The van der Waals surface area contributed by atoms with Gasteiger partial charge in [0.2, 0.25) is 0 Å². The van der Waals surface area contributed by atoms with Crippen molar-refractivity contribution < 1.29 is 5.11 Å². The number of aryl methyl sites for hydroxylation is 4. The molecule has 0 aromatic heterocycles. The van der Waals surface area contributed by atoms with Gasteiger partial charge < -0.3 is 14.9 Å². The minimum Gasteiger partial charge on any atom is -0.505 e. The number of nitrogens with zero attached hydrogens (tertiary/aromatic N) is 2. The average Bonchev–Trinajstić information content (AvgIpc) is 3.60. The molecule has 0 heterocycles. The van der Waals surface area contributed by atoms with Crippen LogP contribution in [0.15, 0.2) is 109 Å². The number of hydrogen-bond donors (Lipinski definition) is 1. The third kappa shape index (κ3) is 5.69. The molecule has 0 spiro atoms. The van der Waals surface area contributed by atoms with Gasteiger partial charge in [-0.15, -0.1) is 0 Å². The maximum atomic E-state index is 12.5. The van der Waals surface area contributed by atoms with E-state index in [4.69, 9.17) is 0 Å². The first-order valence-electron chi connectivity index (χ1n) is 21.5. The molecular formula is C57H58N2O. The molecule has 0 saturated carbocycles. The molecule has 0 fully saturated rings. The lowest BCUT2D eigenvalue weighted by Crippen LogP contribution is -2.21. The van der Waals surface area contributed by atoms with Crippen LogP contribution in [0, 0.1) is 62.3 Å². The van der Waals surface area contributed by atoms with Crippen LogP contribution in [0.3, 0.4) is 0 Å². The van der Waals surface area contributed by atoms with E-state index in [0.29, 0.717) is 5.75 Å². The molecule has 2 aliphatic carbocycles. The van der Waals surface area contributed by atoms with Gasteiger partial charge >= 0.3 is 0 Å². The summed E-state index contributed by atoms with van der Waals surface area (Å²) in [6.07, 6.45) is 0. The molecule has 60 heavy (non-hydrogen) atoms. The van der Waals surface area contributed by atoms with Gasteiger partial charge in [0.15, 0.2) is 0 Å². The van der Waals surface area contributed by atoms with Gasteiger partial charge in [0.1, 0.15) is 5.75 Å². The van der Waals surface area contributed by atoms with E-state index in [1.807, 2.05) is 0 Å². The molecule has 0 radical (unpaired) electrons. The van der Waals surface area contributed by atoms with Crippen LogP contribution < -0.4 is 9.80 Å². The van der Waals surface area contributed by atoms with Crippen molar-refractivity contribution in [3.05, 3.63) is 182 Å².